The molecule has 2 aromatic rings. The van der Waals surface area contributed by atoms with Gasteiger partial charge in [-0.3, -0.25) is 9.59 Å². The normalized spacial score (nSPS) is 17.4. The van der Waals surface area contributed by atoms with Crippen LogP contribution >= 0.6 is 0 Å². The van der Waals surface area contributed by atoms with Crippen LogP contribution in [0, 0.1) is 6.92 Å². The minimum atomic E-state index is -3.73. The number of amides is 2. The SMILES string of the molecule is Cc1ncoc1C(=O)N1CCCN(S(=O)(=O)c2ccccc2)CCC(=O)NCC1. The van der Waals surface area contributed by atoms with E-state index in [0.29, 0.717) is 25.2 Å². The highest BCUT2D eigenvalue weighted by Crippen LogP contribution is 2.17. The van der Waals surface area contributed by atoms with Gasteiger partial charge < -0.3 is 14.6 Å². The number of benzene rings is 1. The van der Waals surface area contributed by atoms with Gasteiger partial charge in [0.1, 0.15) is 0 Å². The van der Waals surface area contributed by atoms with E-state index < -0.39 is 10.0 Å². The van der Waals surface area contributed by atoms with E-state index in [0.717, 1.165) is 0 Å². The lowest BCUT2D eigenvalue weighted by Gasteiger charge is -2.24. The van der Waals surface area contributed by atoms with Crippen molar-refractivity contribution in [2.24, 2.45) is 0 Å². The Labute approximate surface area is 169 Å². The van der Waals surface area contributed by atoms with Crippen LogP contribution in [0.15, 0.2) is 46.0 Å². The zero-order valence-corrected chi connectivity index (χ0v) is 17.0. The molecule has 0 spiro atoms. The molecular formula is C19H24N4O5S. The lowest BCUT2D eigenvalue weighted by Crippen LogP contribution is -2.39. The van der Waals surface area contributed by atoms with Gasteiger partial charge in [-0.05, 0) is 25.5 Å². The zero-order chi connectivity index (χ0) is 20.9. The van der Waals surface area contributed by atoms with Gasteiger partial charge >= 0.3 is 0 Å². The number of hydrogen-bond donors (Lipinski definition) is 1. The Morgan fingerprint density at radius 2 is 1.90 bits per heavy atom. The van der Waals surface area contributed by atoms with Crippen molar-refractivity contribution < 1.29 is 22.4 Å². The number of carbonyl (C=O) groups excluding carboxylic acids is 2. The first kappa shape index (κ1) is 21.0. The molecule has 156 valence electrons. The van der Waals surface area contributed by atoms with Crippen LogP contribution < -0.4 is 5.32 Å². The Morgan fingerprint density at radius 3 is 2.59 bits per heavy atom. The second-order valence-corrected chi connectivity index (χ2v) is 8.67. The second kappa shape index (κ2) is 9.19. The van der Waals surface area contributed by atoms with Crippen molar-refractivity contribution in [3.8, 4) is 0 Å². The Balaban J connectivity index is 1.78. The lowest BCUT2D eigenvalue weighted by atomic mass is 10.3. The third-order valence-electron chi connectivity index (χ3n) is 4.74. The number of aryl methyl sites for hydroxylation is 1. The second-order valence-electron chi connectivity index (χ2n) is 6.73. The summed E-state index contributed by atoms with van der Waals surface area (Å²) in [6, 6.07) is 8.12. The highest BCUT2D eigenvalue weighted by molar-refractivity contribution is 7.89. The average Bonchev–Trinajstić information content (AvgIpc) is 3.12. The van der Waals surface area contributed by atoms with Gasteiger partial charge in [-0.1, -0.05) is 18.2 Å². The summed E-state index contributed by atoms with van der Waals surface area (Å²) in [4.78, 5) is 30.5. The van der Waals surface area contributed by atoms with E-state index in [2.05, 4.69) is 10.3 Å². The molecule has 10 heteroatoms. The van der Waals surface area contributed by atoms with Gasteiger partial charge in [-0.25, -0.2) is 13.4 Å². The Bertz CT molecular complexity index is 958. The summed E-state index contributed by atoms with van der Waals surface area (Å²) in [5, 5.41) is 2.74. The molecule has 2 heterocycles. The van der Waals surface area contributed by atoms with Gasteiger partial charge in [0, 0.05) is 39.1 Å². The first-order valence-electron chi connectivity index (χ1n) is 9.41. The average molecular weight is 420 g/mol. The summed E-state index contributed by atoms with van der Waals surface area (Å²) >= 11 is 0. The first-order valence-corrected chi connectivity index (χ1v) is 10.8. The maximum Gasteiger partial charge on any atom is 0.291 e. The predicted molar refractivity (Wildman–Crippen MR) is 105 cm³/mol. The lowest BCUT2D eigenvalue weighted by molar-refractivity contribution is -0.121. The number of rotatable bonds is 3. The smallest absolute Gasteiger partial charge is 0.291 e. The van der Waals surface area contributed by atoms with Crippen LogP contribution in [0.25, 0.3) is 0 Å². The Kier molecular flexibility index (Phi) is 6.65. The standard InChI is InChI=1S/C19H24N4O5S/c1-15-18(28-14-21-15)19(25)22-10-5-11-23(12-8-17(24)20-9-13-22)29(26,27)16-6-3-2-4-7-16/h2-4,6-7,14H,5,8-13H2,1H3,(H,20,24). The van der Waals surface area contributed by atoms with Crippen LogP contribution in [0.2, 0.25) is 0 Å². The molecule has 1 N–H and O–H groups in total. The van der Waals surface area contributed by atoms with Crippen molar-refractivity contribution >= 4 is 21.8 Å². The maximum atomic E-state index is 13.0. The predicted octanol–water partition coefficient (Wildman–Crippen LogP) is 1.03. The molecule has 0 aliphatic carbocycles. The van der Waals surface area contributed by atoms with E-state index in [9.17, 15) is 18.0 Å². The topological polar surface area (TPSA) is 113 Å². The van der Waals surface area contributed by atoms with E-state index in [1.54, 1.807) is 30.0 Å². The molecule has 29 heavy (non-hydrogen) atoms. The van der Waals surface area contributed by atoms with Crippen LogP contribution in [0.5, 0.6) is 0 Å². The van der Waals surface area contributed by atoms with Crippen LogP contribution in [0.4, 0.5) is 0 Å². The van der Waals surface area contributed by atoms with Crippen molar-refractivity contribution in [2.45, 2.75) is 24.7 Å². The van der Waals surface area contributed by atoms with Crippen molar-refractivity contribution in [3.05, 3.63) is 48.2 Å². The van der Waals surface area contributed by atoms with Gasteiger partial charge in [0.25, 0.3) is 5.91 Å². The monoisotopic (exact) mass is 420 g/mol. The molecule has 0 radical (unpaired) electrons. The van der Waals surface area contributed by atoms with Crippen LogP contribution in [0.1, 0.15) is 29.1 Å². The molecule has 1 saturated heterocycles. The van der Waals surface area contributed by atoms with Gasteiger partial charge in [0.05, 0.1) is 10.6 Å². The van der Waals surface area contributed by atoms with E-state index in [1.807, 2.05) is 0 Å². The van der Waals surface area contributed by atoms with Gasteiger partial charge in [0.2, 0.25) is 21.7 Å². The van der Waals surface area contributed by atoms with E-state index in [-0.39, 0.29) is 48.5 Å². The number of nitrogens with one attached hydrogen (secondary N) is 1. The van der Waals surface area contributed by atoms with Crippen molar-refractivity contribution in [1.82, 2.24) is 19.5 Å². The minimum Gasteiger partial charge on any atom is -0.438 e. The minimum absolute atomic E-state index is 0.0568. The van der Waals surface area contributed by atoms with Gasteiger partial charge in [-0.15, -0.1) is 0 Å². The summed E-state index contributed by atoms with van der Waals surface area (Å²) in [6.45, 7) is 2.87. The number of sulfonamides is 1. The maximum absolute atomic E-state index is 13.0. The Hall–Kier alpha value is -2.72. The van der Waals surface area contributed by atoms with E-state index >= 15 is 0 Å². The molecule has 9 nitrogen and oxygen atoms in total. The molecule has 1 aromatic carbocycles. The van der Waals surface area contributed by atoms with Crippen molar-refractivity contribution in [2.75, 3.05) is 32.7 Å². The number of hydrogen-bond acceptors (Lipinski definition) is 6. The summed E-state index contributed by atoms with van der Waals surface area (Å²) in [6.07, 6.45) is 1.70. The number of oxazole rings is 1. The summed E-state index contributed by atoms with van der Waals surface area (Å²) in [7, 11) is -3.73. The first-order chi connectivity index (χ1) is 13.9. The molecule has 0 bridgehead atoms. The summed E-state index contributed by atoms with van der Waals surface area (Å²) in [5.41, 5.74) is 0.488. The molecule has 1 aliphatic heterocycles. The van der Waals surface area contributed by atoms with Crippen LogP contribution in [-0.4, -0.2) is 67.1 Å². The molecule has 0 atom stereocenters. The quantitative estimate of drug-likeness (QED) is 0.793. The van der Waals surface area contributed by atoms with E-state index in [1.165, 1.54) is 22.8 Å². The third kappa shape index (κ3) is 5.01. The van der Waals surface area contributed by atoms with Crippen LogP contribution in [0.3, 0.4) is 0 Å². The van der Waals surface area contributed by atoms with Crippen LogP contribution in [-0.2, 0) is 14.8 Å². The molecule has 0 saturated carbocycles. The number of carbonyl (C=O) groups is 2. The number of aromatic nitrogens is 1. The van der Waals surface area contributed by atoms with Crippen molar-refractivity contribution in [1.29, 1.82) is 0 Å². The number of nitrogens with zero attached hydrogens (tertiary/aromatic N) is 3. The molecular weight excluding hydrogens is 396 g/mol. The molecule has 1 aromatic heterocycles. The largest absolute Gasteiger partial charge is 0.438 e. The fraction of sp³-hybridized carbons (Fsp3) is 0.421. The molecule has 3 rings (SSSR count). The molecule has 1 aliphatic rings. The molecule has 2 amide bonds. The van der Waals surface area contributed by atoms with E-state index in [4.69, 9.17) is 4.42 Å². The highest BCUT2D eigenvalue weighted by atomic mass is 32.2. The van der Waals surface area contributed by atoms with Gasteiger partial charge in [0.15, 0.2) is 6.39 Å². The van der Waals surface area contributed by atoms with Crippen molar-refractivity contribution in [3.63, 3.8) is 0 Å². The van der Waals surface area contributed by atoms with Gasteiger partial charge in [-0.2, -0.15) is 4.31 Å². The fourth-order valence-corrected chi connectivity index (χ4v) is 4.64. The third-order valence-corrected chi connectivity index (χ3v) is 6.65. The zero-order valence-electron chi connectivity index (χ0n) is 16.2. The highest BCUT2D eigenvalue weighted by Gasteiger charge is 2.27. The fourth-order valence-electron chi connectivity index (χ4n) is 3.14. The Morgan fingerprint density at radius 1 is 1.14 bits per heavy atom. The molecule has 1 fully saturated rings. The molecule has 0 unspecified atom stereocenters. The summed E-state index contributed by atoms with van der Waals surface area (Å²) in [5.74, 6) is -0.436. The summed E-state index contributed by atoms with van der Waals surface area (Å²) < 4.78 is 32.5.